The fraction of sp³-hybridized carbons (Fsp3) is 0.333. The van der Waals surface area contributed by atoms with Gasteiger partial charge in [0.25, 0.3) is 0 Å². The lowest BCUT2D eigenvalue weighted by Crippen LogP contribution is -1.94. The van der Waals surface area contributed by atoms with Crippen LogP contribution in [-0.2, 0) is 0 Å². The van der Waals surface area contributed by atoms with Crippen LogP contribution in [0.3, 0.4) is 0 Å². The summed E-state index contributed by atoms with van der Waals surface area (Å²) in [6.07, 6.45) is 1.74. The minimum atomic E-state index is -0.0521. The van der Waals surface area contributed by atoms with Crippen molar-refractivity contribution in [3.8, 4) is 6.07 Å². The lowest BCUT2D eigenvalue weighted by molar-refractivity contribution is 0.941. The van der Waals surface area contributed by atoms with E-state index in [9.17, 15) is 0 Å². The molecule has 0 aromatic carbocycles. The standard InChI is InChI=1S/C9H10N2/c1-7(6-10)9-4-3-5-11-8(9)2/h3-5,7H,1-2H3. The van der Waals surface area contributed by atoms with Gasteiger partial charge in [0.15, 0.2) is 0 Å². The van der Waals surface area contributed by atoms with Crippen LogP contribution in [0.2, 0.25) is 0 Å². The molecule has 1 aromatic rings. The molecule has 0 saturated heterocycles. The lowest BCUT2D eigenvalue weighted by atomic mass is 10.0. The number of nitriles is 1. The molecule has 0 fully saturated rings. The first-order valence-corrected chi connectivity index (χ1v) is 3.57. The smallest absolute Gasteiger partial charge is 0.0702 e. The summed E-state index contributed by atoms with van der Waals surface area (Å²) in [5.74, 6) is -0.0521. The Bertz CT molecular complexity index is 286. The highest BCUT2D eigenvalue weighted by molar-refractivity contribution is 5.26. The van der Waals surface area contributed by atoms with Gasteiger partial charge in [0.05, 0.1) is 12.0 Å². The second kappa shape index (κ2) is 3.16. The average Bonchev–Trinajstić information content (AvgIpc) is 2.04. The van der Waals surface area contributed by atoms with Crippen LogP contribution in [0, 0.1) is 18.3 Å². The van der Waals surface area contributed by atoms with Crippen molar-refractivity contribution in [3.63, 3.8) is 0 Å². The first-order valence-electron chi connectivity index (χ1n) is 3.57. The molecule has 0 spiro atoms. The summed E-state index contributed by atoms with van der Waals surface area (Å²) in [6, 6.07) is 5.98. The number of hydrogen-bond acceptors (Lipinski definition) is 2. The molecule has 0 saturated carbocycles. The molecule has 0 aliphatic carbocycles. The molecule has 1 heterocycles. The van der Waals surface area contributed by atoms with Crippen LogP contribution in [-0.4, -0.2) is 4.98 Å². The van der Waals surface area contributed by atoms with Gasteiger partial charge >= 0.3 is 0 Å². The van der Waals surface area contributed by atoms with Gasteiger partial charge in [-0.2, -0.15) is 5.26 Å². The van der Waals surface area contributed by atoms with Crippen molar-refractivity contribution in [2.45, 2.75) is 19.8 Å². The molecule has 0 aliphatic rings. The van der Waals surface area contributed by atoms with Crippen molar-refractivity contribution in [1.29, 1.82) is 5.26 Å². The molecule has 1 aromatic heterocycles. The maximum absolute atomic E-state index is 8.63. The Balaban J connectivity index is 3.05. The third-order valence-electron chi connectivity index (χ3n) is 1.71. The third-order valence-corrected chi connectivity index (χ3v) is 1.71. The van der Waals surface area contributed by atoms with E-state index in [2.05, 4.69) is 11.1 Å². The normalized spacial score (nSPS) is 12.1. The lowest BCUT2D eigenvalue weighted by Gasteiger charge is -2.04. The average molecular weight is 146 g/mol. The molecule has 0 N–H and O–H groups in total. The number of nitrogens with zero attached hydrogens (tertiary/aromatic N) is 2. The second-order valence-corrected chi connectivity index (χ2v) is 2.53. The van der Waals surface area contributed by atoms with Crippen LogP contribution in [0.25, 0.3) is 0 Å². The van der Waals surface area contributed by atoms with E-state index >= 15 is 0 Å². The molecule has 0 radical (unpaired) electrons. The highest BCUT2D eigenvalue weighted by atomic mass is 14.7. The van der Waals surface area contributed by atoms with E-state index in [-0.39, 0.29) is 5.92 Å². The summed E-state index contributed by atoms with van der Waals surface area (Å²) in [4.78, 5) is 4.10. The fourth-order valence-electron chi connectivity index (χ4n) is 1.02. The van der Waals surface area contributed by atoms with Crippen molar-refractivity contribution in [2.75, 3.05) is 0 Å². The number of rotatable bonds is 1. The molecule has 11 heavy (non-hydrogen) atoms. The Hall–Kier alpha value is -1.36. The topological polar surface area (TPSA) is 36.7 Å². The predicted octanol–water partition coefficient (Wildman–Crippen LogP) is 2.02. The Labute approximate surface area is 66.5 Å². The quantitative estimate of drug-likeness (QED) is 0.607. The molecule has 1 unspecified atom stereocenters. The van der Waals surface area contributed by atoms with E-state index in [4.69, 9.17) is 5.26 Å². The van der Waals surface area contributed by atoms with Gasteiger partial charge in [-0.05, 0) is 25.5 Å². The van der Waals surface area contributed by atoms with Crippen molar-refractivity contribution < 1.29 is 0 Å². The van der Waals surface area contributed by atoms with Gasteiger partial charge in [-0.3, -0.25) is 4.98 Å². The maximum atomic E-state index is 8.63. The van der Waals surface area contributed by atoms with Gasteiger partial charge in [0.2, 0.25) is 0 Å². The first kappa shape index (κ1) is 7.74. The number of aryl methyl sites for hydroxylation is 1. The van der Waals surface area contributed by atoms with E-state index in [1.165, 1.54) is 0 Å². The molecule has 1 atom stereocenters. The van der Waals surface area contributed by atoms with E-state index in [0.29, 0.717) is 0 Å². The van der Waals surface area contributed by atoms with Crippen molar-refractivity contribution in [1.82, 2.24) is 4.98 Å². The zero-order chi connectivity index (χ0) is 8.27. The largest absolute Gasteiger partial charge is 0.261 e. The van der Waals surface area contributed by atoms with Gasteiger partial charge < -0.3 is 0 Å². The summed E-state index contributed by atoms with van der Waals surface area (Å²) >= 11 is 0. The molecule has 56 valence electrons. The Morgan fingerprint density at radius 2 is 2.36 bits per heavy atom. The fourth-order valence-corrected chi connectivity index (χ4v) is 1.02. The highest BCUT2D eigenvalue weighted by Gasteiger charge is 2.05. The number of aromatic nitrogens is 1. The zero-order valence-electron chi connectivity index (χ0n) is 6.70. The van der Waals surface area contributed by atoms with Crippen molar-refractivity contribution >= 4 is 0 Å². The maximum Gasteiger partial charge on any atom is 0.0702 e. The molecule has 1 rings (SSSR count). The minimum Gasteiger partial charge on any atom is -0.261 e. The van der Waals surface area contributed by atoms with Gasteiger partial charge in [-0.1, -0.05) is 6.07 Å². The van der Waals surface area contributed by atoms with Gasteiger partial charge in [0, 0.05) is 11.9 Å². The molecule has 0 amide bonds. The molecular weight excluding hydrogens is 136 g/mol. The molecule has 0 aliphatic heterocycles. The zero-order valence-corrected chi connectivity index (χ0v) is 6.70. The van der Waals surface area contributed by atoms with Crippen LogP contribution in [0.15, 0.2) is 18.3 Å². The highest BCUT2D eigenvalue weighted by Crippen LogP contribution is 2.15. The molecule has 2 nitrogen and oxygen atoms in total. The van der Waals surface area contributed by atoms with E-state index in [0.717, 1.165) is 11.3 Å². The van der Waals surface area contributed by atoms with Crippen LogP contribution < -0.4 is 0 Å². The number of hydrogen-bond donors (Lipinski definition) is 0. The Morgan fingerprint density at radius 3 is 2.91 bits per heavy atom. The van der Waals surface area contributed by atoms with Crippen molar-refractivity contribution in [3.05, 3.63) is 29.6 Å². The minimum absolute atomic E-state index is 0.0521. The summed E-state index contributed by atoms with van der Waals surface area (Å²) in [7, 11) is 0. The molecular formula is C9H10N2. The van der Waals surface area contributed by atoms with Crippen LogP contribution >= 0.6 is 0 Å². The second-order valence-electron chi connectivity index (χ2n) is 2.53. The van der Waals surface area contributed by atoms with Crippen LogP contribution in [0.5, 0.6) is 0 Å². The SMILES string of the molecule is Cc1ncccc1C(C)C#N. The molecule has 0 bridgehead atoms. The summed E-state index contributed by atoms with van der Waals surface area (Å²) in [5, 5.41) is 8.63. The van der Waals surface area contributed by atoms with E-state index < -0.39 is 0 Å². The van der Waals surface area contributed by atoms with Gasteiger partial charge in [-0.25, -0.2) is 0 Å². The monoisotopic (exact) mass is 146 g/mol. The van der Waals surface area contributed by atoms with Gasteiger partial charge in [0.1, 0.15) is 0 Å². The van der Waals surface area contributed by atoms with E-state index in [1.807, 2.05) is 26.0 Å². The summed E-state index contributed by atoms with van der Waals surface area (Å²) in [5.41, 5.74) is 1.97. The van der Waals surface area contributed by atoms with Crippen LogP contribution in [0.1, 0.15) is 24.1 Å². The third kappa shape index (κ3) is 1.56. The summed E-state index contributed by atoms with van der Waals surface area (Å²) in [6.45, 7) is 3.80. The van der Waals surface area contributed by atoms with Crippen molar-refractivity contribution in [2.24, 2.45) is 0 Å². The predicted molar refractivity (Wildman–Crippen MR) is 43.0 cm³/mol. The first-order chi connectivity index (χ1) is 5.25. The summed E-state index contributed by atoms with van der Waals surface area (Å²) < 4.78 is 0. The van der Waals surface area contributed by atoms with Gasteiger partial charge in [-0.15, -0.1) is 0 Å². The Morgan fingerprint density at radius 1 is 1.64 bits per heavy atom. The van der Waals surface area contributed by atoms with Crippen LogP contribution in [0.4, 0.5) is 0 Å². The van der Waals surface area contributed by atoms with E-state index in [1.54, 1.807) is 6.20 Å². The molecule has 2 heteroatoms. The number of pyridine rings is 1. The Kier molecular flexibility index (Phi) is 2.22.